The number of hydrogen-bond donors (Lipinski definition) is 0. The van der Waals surface area contributed by atoms with Crippen molar-refractivity contribution < 1.29 is 4.79 Å². The van der Waals surface area contributed by atoms with Gasteiger partial charge in [0, 0.05) is 32.6 Å². The molecule has 1 aliphatic heterocycles. The van der Waals surface area contributed by atoms with Crippen LogP contribution >= 0.6 is 0 Å². The average molecular weight is 222 g/mol. The van der Waals surface area contributed by atoms with Crippen molar-refractivity contribution in [2.45, 2.75) is 26.2 Å². The number of likely N-dealkylation sites (N-methyl/N-ethyl adjacent to an activating group) is 1. The maximum atomic E-state index is 12.0. The van der Waals surface area contributed by atoms with Crippen LogP contribution in [0.15, 0.2) is 12.2 Å². The fourth-order valence-electron chi connectivity index (χ4n) is 2.53. The molecule has 1 aliphatic carbocycles. The first kappa shape index (κ1) is 11.6. The lowest BCUT2D eigenvalue weighted by molar-refractivity contribution is -0.133. The summed E-state index contributed by atoms with van der Waals surface area (Å²) in [6.45, 7) is 7.21. The van der Waals surface area contributed by atoms with Gasteiger partial charge in [0.15, 0.2) is 0 Å². The molecule has 0 spiro atoms. The minimum Gasteiger partial charge on any atom is -0.340 e. The maximum Gasteiger partial charge on any atom is 0.223 e. The summed E-state index contributed by atoms with van der Waals surface area (Å²) >= 11 is 0. The lowest BCUT2D eigenvalue weighted by atomic mass is 10.0. The Morgan fingerprint density at radius 3 is 2.62 bits per heavy atom. The van der Waals surface area contributed by atoms with E-state index in [1.165, 1.54) is 6.42 Å². The van der Waals surface area contributed by atoms with Crippen molar-refractivity contribution in [2.24, 2.45) is 5.92 Å². The molecule has 0 saturated carbocycles. The average Bonchev–Trinajstić information content (AvgIpc) is 2.82. The van der Waals surface area contributed by atoms with Gasteiger partial charge in [0.2, 0.25) is 5.91 Å². The predicted molar refractivity (Wildman–Crippen MR) is 65.2 cm³/mol. The van der Waals surface area contributed by atoms with Gasteiger partial charge in [0.25, 0.3) is 0 Å². The molecular weight excluding hydrogens is 200 g/mol. The monoisotopic (exact) mass is 222 g/mol. The molecular formula is C13H22N2O. The van der Waals surface area contributed by atoms with Crippen molar-refractivity contribution in [3.8, 4) is 0 Å². The van der Waals surface area contributed by atoms with E-state index in [-0.39, 0.29) is 0 Å². The zero-order valence-corrected chi connectivity index (χ0v) is 10.2. The summed E-state index contributed by atoms with van der Waals surface area (Å²) in [5.74, 6) is 0.865. The molecule has 0 N–H and O–H groups in total. The van der Waals surface area contributed by atoms with E-state index >= 15 is 0 Å². The Morgan fingerprint density at radius 1 is 1.31 bits per heavy atom. The van der Waals surface area contributed by atoms with Gasteiger partial charge in [-0.3, -0.25) is 4.79 Å². The van der Waals surface area contributed by atoms with Crippen LogP contribution in [0.4, 0.5) is 0 Å². The third-order valence-electron chi connectivity index (χ3n) is 3.72. The third-order valence-corrected chi connectivity index (χ3v) is 3.72. The van der Waals surface area contributed by atoms with Crippen molar-refractivity contribution in [3.05, 3.63) is 12.2 Å². The Balaban J connectivity index is 1.75. The van der Waals surface area contributed by atoms with Gasteiger partial charge in [-0.15, -0.1) is 0 Å². The molecule has 2 aliphatic rings. The normalized spacial score (nSPS) is 26.3. The van der Waals surface area contributed by atoms with Crippen LogP contribution < -0.4 is 0 Å². The number of amides is 1. The number of hydrogen-bond acceptors (Lipinski definition) is 2. The molecule has 90 valence electrons. The van der Waals surface area contributed by atoms with Gasteiger partial charge in [-0.1, -0.05) is 19.1 Å². The highest BCUT2D eigenvalue weighted by molar-refractivity contribution is 5.76. The molecule has 1 fully saturated rings. The summed E-state index contributed by atoms with van der Waals surface area (Å²) in [7, 11) is 0. The van der Waals surface area contributed by atoms with E-state index in [2.05, 4.69) is 24.0 Å². The van der Waals surface area contributed by atoms with Crippen LogP contribution in [0.5, 0.6) is 0 Å². The van der Waals surface area contributed by atoms with Gasteiger partial charge < -0.3 is 9.80 Å². The highest BCUT2D eigenvalue weighted by Crippen LogP contribution is 2.21. The SMILES string of the molecule is CCN1CCN(C(=O)CC2C=CCC2)CC1. The van der Waals surface area contributed by atoms with Crippen molar-refractivity contribution >= 4 is 5.91 Å². The zero-order chi connectivity index (χ0) is 11.4. The van der Waals surface area contributed by atoms with Crippen LogP contribution in [0.3, 0.4) is 0 Å². The van der Waals surface area contributed by atoms with Crippen molar-refractivity contribution in [3.63, 3.8) is 0 Å². The predicted octanol–water partition coefficient (Wildman–Crippen LogP) is 1.51. The summed E-state index contributed by atoms with van der Waals surface area (Å²) in [5.41, 5.74) is 0. The number of piperazine rings is 1. The maximum absolute atomic E-state index is 12.0. The molecule has 2 rings (SSSR count). The van der Waals surface area contributed by atoms with E-state index in [1.807, 2.05) is 4.90 Å². The summed E-state index contributed by atoms with van der Waals surface area (Å²) in [6.07, 6.45) is 7.46. The largest absolute Gasteiger partial charge is 0.340 e. The number of rotatable bonds is 3. The van der Waals surface area contributed by atoms with Crippen LogP contribution in [0.25, 0.3) is 0 Å². The number of nitrogens with zero attached hydrogens (tertiary/aromatic N) is 2. The van der Waals surface area contributed by atoms with E-state index in [0.717, 1.165) is 45.6 Å². The second kappa shape index (κ2) is 5.48. The van der Waals surface area contributed by atoms with E-state index in [1.54, 1.807) is 0 Å². The molecule has 3 nitrogen and oxygen atoms in total. The first-order chi connectivity index (χ1) is 7.79. The fraction of sp³-hybridized carbons (Fsp3) is 0.769. The highest BCUT2D eigenvalue weighted by Gasteiger charge is 2.22. The quantitative estimate of drug-likeness (QED) is 0.676. The molecule has 0 bridgehead atoms. The molecule has 0 aromatic rings. The third kappa shape index (κ3) is 2.85. The van der Waals surface area contributed by atoms with E-state index in [4.69, 9.17) is 0 Å². The molecule has 16 heavy (non-hydrogen) atoms. The van der Waals surface area contributed by atoms with Crippen LogP contribution in [0.1, 0.15) is 26.2 Å². The second-order valence-electron chi connectivity index (χ2n) is 4.78. The molecule has 0 aromatic heterocycles. The molecule has 1 saturated heterocycles. The fourth-order valence-corrected chi connectivity index (χ4v) is 2.53. The van der Waals surface area contributed by atoms with Crippen LogP contribution in [-0.2, 0) is 4.79 Å². The first-order valence-corrected chi connectivity index (χ1v) is 6.46. The van der Waals surface area contributed by atoms with Crippen LogP contribution in [-0.4, -0.2) is 48.4 Å². The Labute approximate surface area is 98.1 Å². The van der Waals surface area contributed by atoms with Gasteiger partial charge in [0.05, 0.1) is 0 Å². The van der Waals surface area contributed by atoms with Crippen LogP contribution in [0.2, 0.25) is 0 Å². The summed E-state index contributed by atoms with van der Waals surface area (Å²) in [4.78, 5) is 16.5. The van der Waals surface area contributed by atoms with Gasteiger partial charge in [0.1, 0.15) is 0 Å². The van der Waals surface area contributed by atoms with Crippen molar-refractivity contribution in [1.82, 2.24) is 9.80 Å². The summed E-state index contributed by atoms with van der Waals surface area (Å²) < 4.78 is 0. The number of carbonyl (C=O) groups excluding carboxylic acids is 1. The lowest BCUT2D eigenvalue weighted by Gasteiger charge is -2.34. The smallest absolute Gasteiger partial charge is 0.223 e. The molecule has 0 radical (unpaired) electrons. The molecule has 1 atom stereocenters. The molecule has 0 aromatic carbocycles. The van der Waals surface area contributed by atoms with Crippen LogP contribution in [0, 0.1) is 5.92 Å². The summed E-state index contributed by atoms with van der Waals surface area (Å²) in [5, 5.41) is 0. The first-order valence-electron chi connectivity index (χ1n) is 6.46. The highest BCUT2D eigenvalue weighted by atomic mass is 16.2. The van der Waals surface area contributed by atoms with E-state index in [0.29, 0.717) is 11.8 Å². The van der Waals surface area contributed by atoms with Gasteiger partial charge >= 0.3 is 0 Å². The van der Waals surface area contributed by atoms with E-state index < -0.39 is 0 Å². The van der Waals surface area contributed by atoms with Gasteiger partial charge in [-0.25, -0.2) is 0 Å². The minimum absolute atomic E-state index is 0.354. The minimum atomic E-state index is 0.354. The second-order valence-corrected chi connectivity index (χ2v) is 4.78. The standard InChI is InChI=1S/C13H22N2O/c1-2-14-7-9-15(10-8-14)13(16)11-12-5-3-4-6-12/h3,5,12H,2,4,6-11H2,1H3. The Bertz CT molecular complexity index is 267. The molecule has 3 heteroatoms. The zero-order valence-electron chi connectivity index (χ0n) is 10.2. The topological polar surface area (TPSA) is 23.6 Å². The van der Waals surface area contributed by atoms with Gasteiger partial charge in [-0.05, 0) is 25.3 Å². The Hall–Kier alpha value is -0.830. The molecule has 1 heterocycles. The lowest BCUT2D eigenvalue weighted by Crippen LogP contribution is -2.48. The number of allylic oxidation sites excluding steroid dienone is 2. The summed E-state index contributed by atoms with van der Waals surface area (Å²) in [6, 6.07) is 0. The van der Waals surface area contributed by atoms with E-state index in [9.17, 15) is 4.79 Å². The van der Waals surface area contributed by atoms with Crippen molar-refractivity contribution in [1.29, 1.82) is 0 Å². The molecule has 1 unspecified atom stereocenters. The van der Waals surface area contributed by atoms with Crippen molar-refractivity contribution in [2.75, 3.05) is 32.7 Å². The van der Waals surface area contributed by atoms with Gasteiger partial charge in [-0.2, -0.15) is 0 Å². The Morgan fingerprint density at radius 2 is 2.06 bits per heavy atom. The Kier molecular flexibility index (Phi) is 3.99. The molecule has 1 amide bonds. The number of carbonyl (C=O) groups is 1.